The molecule has 2 rings (SSSR count). The van der Waals surface area contributed by atoms with Gasteiger partial charge in [0.2, 0.25) is 0 Å². The zero-order valence-electron chi connectivity index (χ0n) is 7.90. The van der Waals surface area contributed by atoms with Crippen LogP contribution in [0.15, 0.2) is 18.2 Å². The Balaban J connectivity index is 2.16. The van der Waals surface area contributed by atoms with Gasteiger partial charge in [-0.15, -0.1) is 0 Å². The summed E-state index contributed by atoms with van der Waals surface area (Å²) in [6, 6.07) is 6.42. The second kappa shape index (κ2) is 3.34. The lowest BCUT2D eigenvalue weighted by molar-refractivity contribution is 0.751. The molecule has 3 heteroatoms. The number of pyridine rings is 1. The van der Waals surface area contributed by atoms with E-state index < -0.39 is 0 Å². The van der Waals surface area contributed by atoms with Crippen LogP contribution in [0.5, 0.6) is 0 Å². The van der Waals surface area contributed by atoms with Crippen LogP contribution in [0.25, 0.3) is 0 Å². The summed E-state index contributed by atoms with van der Waals surface area (Å²) in [5.41, 5.74) is 6.90. The van der Waals surface area contributed by atoms with Crippen molar-refractivity contribution in [1.82, 2.24) is 4.98 Å². The van der Waals surface area contributed by atoms with Crippen LogP contribution in [-0.2, 0) is 0 Å². The summed E-state index contributed by atoms with van der Waals surface area (Å²) in [6.45, 7) is 3.99. The lowest BCUT2D eigenvalue weighted by Gasteiger charge is -2.16. The van der Waals surface area contributed by atoms with Gasteiger partial charge in [-0.05, 0) is 25.5 Å². The van der Waals surface area contributed by atoms with E-state index in [0.717, 1.165) is 31.0 Å². The van der Waals surface area contributed by atoms with Gasteiger partial charge in [0.1, 0.15) is 5.82 Å². The predicted octanol–water partition coefficient (Wildman–Crippen LogP) is 0.927. The normalized spacial score (nSPS) is 22.3. The van der Waals surface area contributed by atoms with Crippen LogP contribution >= 0.6 is 0 Å². The number of nitrogens with zero attached hydrogens (tertiary/aromatic N) is 2. The van der Waals surface area contributed by atoms with Crippen molar-refractivity contribution in [2.45, 2.75) is 19.4 Å². The van der Waals surface area contributed by atoms with Gasteiger partial charge in [-0.1, -0.05) is 6.07 Å². The Hall–Kier alpha value is -1.09. The lowest BCUT2D eigenvalue weighted by atomic mass is 10.3. The molecular weight excluding hydrogens is 162 g/mol. The minimum absolute atomic E-state index is 0.322. The fourth-order valence-corrected chi connectivity index (χ4v) is 1.70. The SMILES string of the molecule is Cc1cccc(N2CC[C@@H](N)C2)n1. The van der Waals surface area contributed by atoms with Crippen LogP contribution in [0.2, 0.25) is 0 Å². The molecule has 1 saturated heterocycles. The lowest BCUT2D eigenvalue weighted by Crippen LogP contribution is -2.26. The molecular formula is C10H15N3. The van der Waals surface area contributed by atoms with Crippen LogP contribution in [0, 0.1) is 6.92 Å². The average molecular weight is 177 g/mol. The first kappa shape index (κ1) is 8.51. The van der Waals surface area contributed by atoms with E-state index >= 15 is 0 Å². The Morgan fingerprint density at radius 2 is 2.38 bits per heavy atom. The number of aromatic nitrogens is 1. The van der Waals surface area contributed by atoms with Gasteiger partial charge in [-0.3, -0.25) is 0 Å². The van der Waals surface area contributed by atoms with Crippen molar-refractivity contribution in [2.75, 3.05) is 18.0 Å². The molecule has 0 radical (unpaired) electrons. The number of nitrogens with two attached hydrogens (primary N) is 1. The van der Waals surface area contributed by atoms with Gasteiger partial charge >= 0.3 is 0 Å². The molecule has 2 heterocycles. The molecule has 1 aliphatic rings. The highest BCUT2D eigenvalue weighted by atomic mass is 15.2. The molecule has 0 bridgehead atoms. The van der Waals surface area contributed by atoms with Crippen molar-refractivity contribution in [3.63, 3.8) is 0 Å². The molecule has 0 spiro atoms. The molecule has 1 aliphatic heterocycles. The monoisotopic (exact) mass is 177 g/mol. The number of rotatable bonds is 1. The molecule has 3 nitrogen and oxygen atoms in total. The van der Waals surface area contributed by atoms with E-state index in [0.29, 0.717) is 6.04 Å². The highest BCUT2D eigenvalue weighted by molar-refractivity contribution is 5.40. The van der Waals surface area contributed by atoms with E-state index in [-0.39, 0.29) is 0 Å². The molecule has 2 N–H and O–H groups in total. The fourth-order valence-electron chi connectivity index (χ4n) is 1.70. The Labute approximate surface area is 78.6 Å². The molecule has 0 unspecified atom stereocenters. The Kier molecular flexibility index (Phi) is 2.19. The molecule has 0 aromatic carbocycles. The van der Waals surface area contributed by atoms with E-state index in [1.54, 1.807) is 0 Å². The molecule has 0 amide bonds. The van der Waals surface area contributed by atoms with Gasteiger partial charge in [0.05, 0.1) is 0 Å². The van der Waals surface area contributed by atoms with Crippen LogP contribution < -0.4 is 10.6 Å². The maximum atomic E-state index is 5.83. The van der Waals surface area contributed by atoms with Gasteiger partial charge in [-0.2, -0.15) is 0 Å². The highest BCUT2D eigenvalue weighted by Gasteiger charge is 2.19. The average Bonchev–Trinajstić information content (AvgIpc) is 2.52. The number of aryl methyl sites for hydroxylation is 1. The van der Waals surface area contributed by atoms with Crippen LogP contribution in [0.3, 0.4) is 0 Å². The molecule has 0 aliphatic carbocycles. The Bertz CT molecular complexity index is 298. The largest absolute Gasteiger partial charge is 0.355 e. The third-order valence-electron chi connectivity index (χ3n) is 2.42. The summed E-state index contributed by atoms with van der Waals surface area (Å²) in [5.74, 6) is 1.06. The fraction of sp³-hybridized carbons (Fsp3) is 0.500. The van der Waals surface area contributed by atoms with Gasteiger partial charge in [0.15, 0.2) is 0 Å². The van der Waals surface area contributed by atoms with Crippen LogP contribution in [0.1, 0.15) is 12.1 Å². The zero-order chi connectivity index (χ0) is 9.26. The smallest absolute Gasteiger partial charge is 0.128 e. The van der Waals surface area contributed by atoms with E-state index in [1.165, 1.54) is 0 Å². The first-order chi connectivity index (χ1) is 6.25. The van der Waals surface area contributed by atoms with Crippen molar-refractivity contribution < 1.29 is 0 Å². The molecule has 1 aromatic heterocycles. The van der Waals surface area contributed by atoms with E-state index in [1.807, 2.05) is 25.1 Å². The zero-order valence-corrected chi connectivity index (χ0v) is 7.90. The van der Waals surface area contributed by atoms with E-state index in [4.69, 9.17) is 5.73 Å². The topological polar surface area (TPSA) is 42.1 Å². The maximum Gasteiger partial charge on any atom is 0.128 e. The van der Waals surface area contributed by atoms with Crippen molar-refractivity contribution in [3.05, 3.63) is 23.9 Å². The molecule has 70 valence electrons. The van der Waals surface area contributed by atoms with Crippen molar-refractivity contribution in [2.24, 2.45) is 5.73 Å². The van der Waals surface area contributed by atoms with Crippen molar-refractivity contribution in [1.29, 1.82) is 0 Å². The van der Waals surface area contributed by atoms with Gasteiger partial charge < -0.3 is 10.6 Å². The molecule has 1 fully saturated rings. The highest BCUT2D eigenvalue weighted by Crippen LogP contribution is 2.16. The Morgan fingerprint density at radius 3 is 3.00 bits per heavy atom. The van der Waals surface area contributed by atoms with Crippen LogP contribution in [-0.4, -0.2) is 24.1 Å². The number of hydrogen-bond acceptors (Lipinski definition) is 3. The van der Waals surface area contributed by atoms with Crippen molar-refractivity contribution in [3.8, 4) is 0 Å². The first-order valence-electron chi connectivity index (χ1n) is 4.70. The number of anilines is 1. The summed E-state index contributed by atoms with van der Waals surface area (Å²) in [4.78, 5) is 6.71. The second-order valence-corrected chi connectivity index (χ2v) is 3.63. The van der Waals surface area contributed by atoms with Gasteiger partial charge in [0.25, 0.3) is 0 Å². The summed E-state index contributed by atoms with van der Waals surface area (Å²) in [7, 11) is 0. The van der Waals surface area contributed by atoms with Crippen LogP contribution in [0.4, 0.5) is 5.82 Å². The minimum atomic E-state index is 0.322. The van der Waals surface area contributed by atoms with Gasteiger partial charge in [-0.25, -0.2) is 4.98 Å². The van der Waals surface area contributed by atoms with E-state index in [2.05, 4.69) is 9.88 Å². The summed E-state index contributed by atoms with van der Waals surface area (Å²) in [6.07, 6.45) is 1.08. The second-order valence-electron chi connectivity index (χ2n) is 3.63. The first-order valence-corrected chi connectivity index (χ1v) is 4.70. The molecule has 0 saturated carbocycles. The molecule has 1 aromatic rings. The Morgan fingerprint density at radius 1 is 1.54 bits per heavy atom. The van der Waals surface area contributed by atoms with Gasteiger partial charge in [0, 0.05) is 24.8 Å². The third-order valence-corrected chi connectivity index (χ3v) is 2.42. The minimum Gasteiger partial charge on any atom is -0.355 e. The maximum absolute atomic E-state index is 5.83. The van der Waals surface area contributed by atoms with Crippen molar-refractivity contribution >= 4 is 5.82 Å². The predicted molar refractivity (Wildman–Crippen MR) is 53.8 cm³/mol. The van der Waals surface area contributed by atoms with E-state index in [9.17, 15) is 0 Å². The summed E-state index contributed by atoms with van der Waals surface area (Å²) in [5, 5.41) is 0. The summed E-state index contributed by atoms with van der Waals surface area (Å²) >= 11 is 0. The molecule has 1 atom stereocenters. The molecule has 13 heavy (non-hydrogen) atoms. The quantitative estimate of drug-likeness (QED) is 0.693. The number of hydrogen-bond donors (Lipinski definition) is 1. The summed E-state index contributed by atoms with van der Waals surface area (Å²) < 4.78 is 0. The standard InChI is InChI=1S/C10H15N3/c1-8-3-2-4-10(12-8)13-6-5-9(11)7-13/h2-4,9H,5-7,11H2,1H3/t9-/m1/s1. The third kappa shape index (κ3) is 1.80.